The Kier molecular flexibility index (Phi) is 10.0. The summed E-state index contributed by atoms with van der Waals surface area (Å²) in [6.45, 7) is 3.43. The lowest BCUT2D eigenvalue weighted by molar-refractivity contribution is -0.125. The van der Waals surface area contributed by atoms with E-state index in [4.69, 9.17) is 5.11 Å². The van der Waals surface area contributed by atoms with Gasteiger partial charge < -0.3 is 30.9 Å². The van der Waals surface area contributed by atoms with Gasteiger partial charge in [0.15, 0.2) is 0 Å². The molecule has 4 rings (SSSR count). The number of hydrogen-bond acceptors (Lipinski definition) is 8. The number of carbonyl (C=O) groups excluding carboxylic acids is 2. The van der Waals surface area contributed by atoms with Gasteiger partial charge in [0.1, 0.15) is 5.82 Å². The SMILES string of the molecule is C.CN1CCN(C(=O)c2ccc(Nc3ncc(Br)c(N[C@@H]4CCC[C@@H]4C(=O)NCCO)n3)cc2)CC1. The molecule has 2 aliphatic rings. The maximum atomic E-state index is 12.8. The van der Waals surface area contributed by atoms with Crippen LogP contribution in [-0.2, 0) is 4.79 Å². The predicted molar refractivity (Wildman–Crippen MR) is 144 cm³/mol. The van der Waals surface area contributed by atoms with E-state index < -0.39 is 0 Å². The number of halogens is 1. The van der Waals surface area contributed by atoms with Gasteiger partial charge in [0.05, 0.1) is 17.0 Å². The van der Waals surface area contributed by atoms with Crippen LogP contribution in [0.5, 0.6) is 0 Å². The molecule has 196 valence electrons. The average Bonchev–Trinajstić information content (AvgIpc) is 3.33. The third-order valence-electron chi connectivity index (χ3n) is 6.51. The van der Waals surface area contributed by atoms with E-state index in [2.05, 4.69) is 53.8 Å². The Morgan fingerprint density at radius 1 is 1.14 bits per heavy atom. The highest BCUT2D eigenvalue weighted by Gasteiger charge is 2.33. The number of piperazine rings is 1. The van der Waals surface area contributed by atoms with Gasteiger partial charge in [0, 0.05) is 56.2 Å². The fourth-order valence-electron chi connectivity index (χ4n) is 4.48. The molecule has 11 heteroatoms. The zero-order chi connectivity index (χ0) is 24.8. The number of nitrogens with one attached hydrogen (secondary N) is 3. The van der Waals surface area contributed by atoms with Crippen molar-refractivity contribution in [1.29, 1.82) is 0 Å². The Labute approximate surface area is 221 Å². The molecule has 36 heavy (non-hydrogen) atoms. The second-order valence-corrected chi connectivity index (χ2v) is 9.85. The van der Waals surface area contributed by atoms with Crippen molar-refractivity contribution in [2.45, 2.75) is 32.7 Å². The van der Waals surface area contributed by atoms with Gasteiger partial charge in [-0.15, -0.1) is 0 Å². The van der Waals surface area contributed by atoms with Gasteiger partial charge in [-0.1, -0.05) is 13.8 Å². The van der Waals surface area contributed by atoms with Gasteiger partial charge in [-0.25, -0.2) is 4.98 Å². The van der Waals surface area contributed by atoms with Crippen molar-refractivity contribution in [1.82, 2.24) is 25.1 Å². The summed E-state index contributed by atoms with van der Waals surface area (Å²) in [7, 11) is 2.06. The van der Waals surface area contributed by atoms with E-state index >= 15 is 0 Å². The van der Waals surface area contributed by atoms with Crippen LogP contribution in [-0.4, -0.2) is 89.1 Å². The molecular formula is C25H36BrN7O3. The number of amides is 2. The first-order valence-electron chi connectivity index (χ1n) is 12.0. The van der Waals surface area contributed by atoms with Crippen LogP contribution in [0.2, 0.25) is 0 Å². The molecule has 1 aromatic carbocycles. The normalized spacial score (nSPS) is 19.9. The molecule has 1 saturated carbocycles. The van der Waals surface area contributed by atoms with Gasteiger partial charge in [0.25, 0.3) is 5.91 Å². The molecule has 10 nitrogen and oxygen atoms in total. The highest BCUT2D eigenvalue weighted by molar-refractivity contribution is 9.10. The van der Waals surface area contributed by atoms with Crippen LogP contribution in [0.4, 0.5) is 17.5 Å². The molecule has 0 bridgehead atoms. The minimum absolute atomic E-state index is 0. The Morgan fingerprint density at radius 2 is 1.86 bits per heavy atom. The summed E-state index contributed by atoms with van der Waals surface area (Å²) in [6.07, 6.45) is 4.27. The van der Waals surface area contributed by atoms with Crippen LogP contribution in [0.15, 0.2) is 34.9 Å². The number of hydrogen-bond donors (Lipinski definition) is 4. The molecule has 1 saturated heterocycles. The minimum Gasteiger partial charge on any atom is -0.395 e. The summed E-state index contributed by atoms with van der Waals surface area (Å²) in [5.74, 6) is 0.837. The van der Waals surface area contributed by atoms with Gasteiger partial charge in [-0.2, -0.15) is 4.98 Å². The molecule has 0 spiro atoms. The average molecular weight is 563 g/mol. The molecule has 1 aliphatic carbocycles. The predicted octanol–water partition coefficient (Wildman–Crippen LogP) is 2.70. The van der Waals surface area contributed by atoms with Crippen molar-refractivity contribution in [3.63, 3.8) is 0 Å². The van der Waals surface area contributed by atoms with Crippen LogP contribution in [0.1, 0.15) is 37.0 Å². The molecule has 2 atom stereocenters. The monoisotopic (exact) mass is 561 g/mol. The number of anilines is 3. The summed E-state index contributed by atoms with van der Waals surface area (Å²) >= 11 is 3.49. The molecule has 1 aliphatic heterocycles. The van der Waals surface area contributed by atoms with Crippen molar-refractivity contribution in [2.75, 3.05) is 57.0 Å². The van der Waals surface area contributed by atoms with Gasteiger partial charge >= 0.3 is 0 Å². The van der Waals surface area contributed by atoms with E-state index in [0.29, 0.717) is 21.8 Å². The Morgan fingerprint density at radius 3 is 2.56 bits per heavy atom. The molecular weight excluding hydrogens is 526 g/mol. The second-order valence-electron chi connectivity index (χ2n) is 8.99. The molecule has 4 N–H and O–H groups in total. The van der Waals surface area contributed by atoms with Crippen LogP contribution >= 0.6 is 15.9 Å². The zero-order valence-electron chi connectivity index (χ0n) is 19.8. The lowest BCUT2D eigenvalue weighted by Gasteiger charge is -2.32. The quantitative estimate of drug-likeness (QED) is 0.388. The maximum Gasteiger partial charge on any atom is 0.253 e. The number of aliphatic hydroxyl groups is 1. The smallest absolute Gasteiger partial charge is 0.253 e. The zero-order valence-corrected chi connectivity index (χ0v) is 21.4. The fourth-order valence-corrected chi connectivity index (χ4v) is 4.78. The summed E-state index contributed by atoms with van der Waals surface area (Å²) in [4.78, 5) is 38.2. The lowest BCUT2D eigenvalue weighted by Crippen LogP contribution is -2.47. The molecule has 2 heterocycles. The second kappa shape index (κ2) is 13.0. The summed E-state index contributed by atoms with van der Waals surface area (Å²) in [5, 5.41) is 18.3. The third kappa shape index (κ3) is 6.92. The van der Waals surface area contributed by atoms with Crippen molar-refractivity contribution in [3.8, 4) is 0 Å². The standard InChI is InChI=1S/C24H32BrN7O3.CH4/c1-31-10-12-32(13-11-31)23(35)16-5-7-17(8-6-16)28-24-27-15-19(25)21(30-24)29-20-4-2-3-18(20)22(34)26-9-14-33;/h5-8,15,18,20,33H,2-4,9-14H2,1H3,(H,26,34)(H2,27,28,29,30);1H4/t18-,20+;/m0./s1. The van der Waals surface area contributed by atoms with E-state index in [9.17, 15) is 9.59 Å². The van der Waals surface area contributed by atoms with E-state index in [1.807, 2.05) is 29.2 Å². The number of rotatable bonds is 8. The van der Waals surface area contributed by atoms with Crippen molar-refractivity contribution >= 4 is 45.2 Å². The van der Waals surface area contributed by atoms with Crippen LogP contribution < -0.4 is 16.0 Å². The highest BCUT2D eigenvalue weighted by atomic mass is 79.9. The van der Waals surface area contributed by atoms with E-state index in [-0.39, 0.29) is 44.4 Å². The van der Waals surface area contributed by atoms with Crippen LogP contribution in [0.25, 0.3) is 0 Å². The first kappa shape index (κ1) is 27.8. The Bertz CT molecular complexity index is 1030. The van der Waals surface area contributed by atoms with Gasteiger partial charge in [0.2, 0.25) is 11.9 Å². The molecule has 0 unspecified atom stereocenters. The number of aromatic nitrogens is 2. The number of likely N-dealkylation sites (N-methyl/N-ethyl adjacent to an activating group) is 1. The largest absolute Gasteiger partial charge is 0.395 e. The number of aliphatic hydroxyl groups excluding tert-OH is 1. The van der Waals surface area contributed by atoms with Gasteiger partial charge in [-0.05, 0) is 60.1 Å². The number of carbonyl (C=O) groups is 2. The van der Waals surface area contributed by atoms with Gasteiger partial charge in [-0.3, -0.25) is 9.59 Å². The van der Waals surface area contributed by atoms with Crippen molar-refractivity contribution in [3.05, 3.63) is 40.5 Å². The summed E-state index contributed by atoms with van der Waals surface area (Å²) < 4.78 is 0.706. The lowest BCUT2D eigenvalue weighted by atomic mass is 10.0. The number of benzene rings is 1. The molecule has 2 amide bonds. The fraction of sp³-hybridized carbons (Fsp3) is 0.520. The molecule has 2 fully saturated rings. The van der Waals surface area contributed by atoms with E-state index in [1.54, 1.807) is 6.20 Å². The van der Waals surface area contributed by atoms with E-state index in [1.165, 1.54) is 0 Å². The minimum atomic E-state index is -0.176. The van der Waals surface area contributed by atoms with E-state index in [0.717, 1.165) is 51.1 Å². The van der Waals surface area contributed by atoms with Crippen LogP contribution in [0.3, 0.4) is 0 Å². The molecule has 2 aromatic rings. The number of nitrogens with zero attached hydrogens (tertiary/aromatic N) is 4. The summed E-state index contributed by atoms with van der Waals surface area (Å²) in [6, 6.07) is 7.28. The molecule has 1 aromatic heterocycles. The first-order chi connectivity index (χ1) is 16.9. The van der Waals surface area contributed by atoms with Crippen molar-refractivity contribution in [2.24, 2.45) is 5.92 Å². The summed E-state index contributed by atoms with van der Waals surface area (Å²) in [5.41, 5.74) is 1.43. The Balaban J connectivity index is 0.00000361. The Hall–Kier alpha value is -2.76. The maximum absolute atomic E-state index is 12.8. The third-order valence-corrected chi connectivity index (χ3v) is 7.09. The highest BCUT2D eigenvalue weighted by Crippen LogP contribution is 2.31. The molecule has 0 radical (unpaired) electrons. The van der Waals surface area contributed by atoms with Crippen molar-refractivity contribution < 1.29 is 14.7 Å². The topological polar surface area (TPSA) is 123 Å². The van der Waals surface area contributed by atoms with Crippen LogP contribution in [0, 0.1) is 5.92 Å². The first-order valence-corrected chi connectivity index (χ1v) is 12.8.